The SMILES string of the molecule is COCCC(O)Cc1c(F)cccc1Cl. The Hall–Kier alpha value is -0.640. The molecule has 0 bridgehead atoms. The maximum absolute atomic E-state index is 13.3. The Morgan fingerprint density at radius 3 is 2.87 bits per heavy atom. The molecule has 0 aliphatic rings. The van der Waals surface area contributed by atoms with Gasteiger partial charge in [0.2, 0.25) is 0 Å². The standard InChI is InChI=1S/C11H14ClFO2/c1-15-6-5-8(14)7-9-10(12)3-2-4-11(9)13/h2-4,8,14H,5-7H2,1H3. The number of aliphatic hydroxyl groups is 1. The molecule has 15 heavy (non-hydrogen) atoms. The number of benzene rings is 1. The number of hydrogen-bond acceptors (Lipinski definition) is 2. The average molecular weight is 233 g/mol. The Bertz CT molecular complexity index is 297. The molecule has 0 aliphatic heterocycles. The van der Waals surface area contributed by atoms with Gasteiger partial charge in [-0.15, -0.1) is 0 Å². The van der Waals surface area contributed by atoms with Crippen LogP contribution in [0.25, 0.3) is 0 Å². The molecular formula is C11H14ClFO2. The van der Waals surface area contributed by atoms with Gasteiger partial charge in [-0.05, 0) is 18.6 Å². The molecule has 1 aromatic rings. The Morgan fingerprint density at radius 1 is 1.53 bits per heavy atom. The molecule has 2 nitrogen and oxygen atoms in total. The minimum Gasteiger partial charge on any atom is -0.393 e. The third kappa shape index (κ3) is 3.78. The van der Waals surface area contributed by atoms with Crippen molar-refractivity contribution in [2.45, 2.75) is 18.9 Å². The van der Waals surface area contributed by atoms with E-state index in [1.54, 1.807) is 19.2 Å². The number of hydrogen-bond donors (Lipinski definition) is 1. The van der Waals surface area contributed by atoms with Crippen LogP contribution in [0.1, 0.15) is 12.0 Å². The molecule has 0 aromatic heterocycles. The van der Waals surface area contributed by atoms with Crippen molar-refractivity contribution in [3.8, 4) is 0 Å². The van der Waals surface area contributed by atoms with E-state index in [0.29, 0.717) is 23.6 Å². The molecular weight excluding hydrogens is 219 g/mol. The highest BCUT2D eigenvalue weighted by atomic mass is 35.5. The zero-order valence-electron chi connectivity index (χ0n) is 8.54. The normalized spacial score (nSPS) is 12.8. The summed E-state index contributed by atoms with van der Waals surface area (Å²) in [6, 6.07) is 4.50. The van der Waals surface area contributed by atoms with E-state index in [9.17, 15) is 9.50 Å². The van der Waals surface area contributed by atoms with E-state index < -0.39 is 6.10 Å². The van der Waals surface area contributed by atoms with Crippen LogP contribution < -0.4 is 0 Å². The van der Waals surface area contributed by atoms with Gasteiger partial charge in [-0.2, -0.15) is 0 Å². The van der Waals surface area contributed by atoms with Gasteiger partial charge in [0.05, 0.1) is 6.10 Å². The van der Waals surface area contributed by atoms with Gasteiger partial charge in [0.25, 0.3) is 0 Å². The van der Waals surface area contributed by atoms with Crippen LogP contribution in [0.2, 0.25) is 5.02 Å². The zero-order valence-corrected chi connectivity index (χ0v) is 9.30. The summed E-state index contributed by atoms with van der Waals surface area (Å²) in [6.45, 7) is 0.452. The second-order valence-electron chi connectivity index (χ2n) is 3.34. The smallest absolute Gasteiger partial charge is 0.127 e. The number of halogens is 2. The first-order chi connectivity index (χ1) is 7.15. The summed E-state index contributed by atoms with van der Waals surface area (Å²) in [5.74, 6) is -0.376. The van der Waals surface area contributed by atoms with Crippen molar-refractivity contribution < 1.29 is 14.2 Å². The molecule has 0 fully saturated rings. The molecule has 1 atom stereocenters. The van der Waals surface area contributed by atoms with Crippen molar-refractivity contribution >= 4 is 11.6 Å². The highest BCUT2D eigenvalue weighted by Crippen LogP contribution is 2.21. The Labute approximate surface area is 93.6 Å². The van der Waals surface area contributed by atoms with Gasteiger partial charge in [-0.3, -0.25) is 0 Å². The molecule has 1 rings (SSSR count). The molecule has 4 heteroatoms. The van der Waals surface area contributed by atoms with Crippen LogP contribution in [0.3, 0.4) is 0 Å². The molecule has 0 heterocycles. The van der Waals surface area contributed by atoms with Crippen molar-refractivity contribution in [3.63, 3.8) is 0 Å². The maximum Gasteiger partial charge on any atom is 0.127 e. The molecule has 1 N–H and O–H groups in total. The van der Waals surface area contributed by atoms with E-state index in [-0.39, 0.29) is 12.2 Å². The van der Waals surface area contributed by atoms with Crippen LogP contribution in [0.5, 0.6) is 0 Å². The largest absolute Gasteiger partial charge is 0.393 e. The summed E-state index contributed by atoms with van der Waals surface area (Å²) >= 11 is 5.83. The zero-order chi connectivity index (χ0) is 11.3. The van der Waals surface area contributed by atoms with E-state index in [1.807, 2.05) is 0 Å². The Morgan fingerprint density at radius 2 is 2.27 bits per heavy atom. The highest BCUT2D eigenvalue weighted by molar-refractivity contribution is 6.31. The molecule has 1 aromatic carbocycles. The first kappa shape index (κ1) is 12.4. The second-order valence-corrected chi connectivity index (χ2v) is 3.75. The summed E-state index contributed by atoms with van der Waals surface area (Å²) in [7, 11) is 1.56. The monoisotopic (exact) mass is 232 g/mol. The third-order valence-corrected chi connectivity index (χ3v) is 2.51. The topological polar surface area (TPSA) is 29.5 Å². The lowest BCUT2D eigenvalue weighted by molar-refractivity contribution is 0.109. The lowest BCUT2D eigenvalue weighted by Crippen LogP contribution is -2.14. The van der Waals surface area contributed by atoms with Gasteiger partial charge in [-0.25, -0.2) is 4.39 Å². The fourth-order valence-electron chi connectivity index (χ4n) is 1.32. The number of rotatable bonds is 5. The quantitative estimate of drug-likeness (QED) is 0.845. The van der Waals surface area contributed by atoms with E-state index >= 15 is 0 Å². The highest BCUT2D eigenvalue weighted by Gasteiger charge is 2.12. The first-order valence-electron chi connectivity index (χ1n) is 4.75. The number of aliphatic hydroxyl groups excluding tert-OH is 1. The van der Waals surface area contributed by atoms with Crippen molar-refractivity contribution in [1.29, 1.82) is 0 Å². The fraction of sp³-hybridized carbons (Fsp3) is 0.455. The van der Waals surface area contributed by atoms with E-state index in [0.717, 1.165) is 0 Å². The Balaban J connectivity index is 2.63. The van der Waals surface area contributed by atoms with E-state index in [1.165, 1.54) is 6.07 Å². The minimum absolute atomic E-state index is 0.217. The molecule has 0 amide bonds. The van der Waals surface area contributed by atoms with Crippen molar-refractivity contribution in [1.82, 2.24) is 0 Å². The van der Waals surface area contributed by atoms with Crippen molar-refractivity contribution in [3.05, 3.63) is 34.6 Å². The maximum atomic E-state index is 13.3. The molecule has 0 aliphatic carbocycles. The summed E-state index contributed by atoms with van der Waals surface area (Å²) in [4.78, 5) is 0. The van der Waals surface area contributed by atoms with Crippen LogP contribution in [0, 0.1) is 5.82 Å². The summed E-state index contributed by atoms with van der Waals surface area (Å²) < 4.78 is 18.1. The van der Waals surface area contributed by atoms with Crippen LogP contribution >= 0.6 is 11.6 Å². The van der Waals surface area contributed by atoms with E-state index in [4.69, 9.17) is 16.3 Å². The van der Waals surface area contributed by atoms with Crippen molar-refractivity contribution in [2.24, 2.45) is 0 Å². The first-order valence-corrected chi connectivity index (χ1v) is 5.13. The predicted molar refractivity (Wildman–Crippen MR) is 57.6 cm³/mol. The molecule has 1 unspecified atom stereocenters. The molecule has 0 radical (unpaired) electrons. The molecule has 0 saturated heterocycles. The lowest BCUT2D eigenvalue weighted by atomic mass is 10.1. The Kier molecular flexibility index (Phi) is 5.02. The van der Waals surface area contributed by atoms with Gasteiger partial charge in [0.15, 0.2) is 0 Å². The van der Waals surface area contributed by atoms with Crippen LogP contribution in [-0.2, 0) is 11.2 Å². The van der Waals surface area contributed by atoms with Crippen molar-refractivity contribution in [2.75, 3.05) is 13.7 Å². The predicted octanol–water partition coefficient (Wildman–Crippen LogP) is 2.42. The van der Waals surface area contributed by atoms with Crippen LogP contribution in [0.15, 0.2) is 18.2 Å². The molecule has 84 valence electrons. The minimum atomic E-state index is -0.626. The van der Waals surface area contributed by atoms with Crippen LogP contribution in [0.4, 0.5) is 4.39 Å². The van der Waals surface area contributed by atoms with Gasteiger partial charge < -0.3 is 9.84 Å². The summed E-state index contributed by atoms with van der Waals surface area (Å²) in [5.41, 5.74) is 0.364. The summed E-state index contributed by atoms with van der Waals surface area (Å²) in [6.07, 6.45) is 0.0649. The van der Waals surface area contributed by atoms with Gasteiger partial charge in [0.1, 0.15) is 5.82 Å². The number of ether oxygens (including phenoxy) is 1. The molecule has 0 saturated carbocycles. The van der Waals surface area contributed by atoms with Gasteiger partial charge in [-0.1, -0.05) is 17.7 Å². The number of methoxy groups -OCH3 is 1. The average Bonchev–Trinajstić information content (AvgIpc) is 2.21. The molecule has 0 spiro atoms. The fourth-order valence-corrected chi connectivity index (χ4v) is 1.56. The second kappa shape index (κ2) is 6.05. The van der Waals surface area contributed by atoms with Gasteiger partial charge in [0, 0.05) is 30.7 Å². The van der Waals surface area contributed by atoms with Gasteiger partial charge >= 0.3 is 0 Å². The third-order valence-electron chi connectivity index (χ3n) is 2.16. The summed E-state index contributed by atoms with van der Waals surface area (Å²) in [5, 5.41) is 9.93. The lowest BCUT2D eigenvalue weighted by Gasteiger charge is -2.11. The van der Waals surface area contributed by atoms with E-state index in [2.05, 4.69) is 0 Å². The van der Waals surface area contributed by atoms with Crippen LogP contribution in [-0.4, -0.2) is 24.9 Å².